The number of amides is 1. The molecule has 0 bridgehead atoms. The van der Waals surface area contributed by atoms with Crippen molar-refractivity contribution in [3.63, 3.8) is 0 Å². The Labute approximate surface area is 168 Å². The number of pyridine rings is 1. The highest BCUT2D eigenvalue weighted by Gasteiger charge is 2.28. The number of anilines is 1. The minimum atomic E-state index is -0.433. The molecule has 1 fully saturated rings. The number of aromatic nitrogens is 1. The summed E-state index contributed by atoms with van der Waals surface area (Å²) in [6, 6.07) is 12.0. The molecule has 5 nitrogen and oxygen atoms in total. The lowest BCUT2D eigenvalue weighted by Gasteiger charge is -2.32. The number of hydrogen-bond acceptors (Lipinski definition) is 4. The number of nitrogens with one attached hydrogen (secondary N) is 1. The lowest BCUT2D eigenvalue weighted by Crippen LogP contribution is -2.45. The van der Waals surface area contributed by atoms with Crippen molar-refractivity contribution in [3.8, 4) is 0 Å². The maximum Gasteiger partial charge on any atom is 0.247 e. The van der Waals surface area contributed by atoms with Gasteiger partial charge in [0.25, 0.3) is 0 Å². The molecule has 150 valence electrons. The minimum Gasteiger partial charge on any atom is -0.381 e. The van der Waals surface area contributed by atoms with Gasteiger partial charge < -0.3 is 15.0 Å². The van der Waals surface area contributed by atoms with Gasteiger partial charge in [-0.3, -0.25) is 9.78 Å². The van der Waals surface area contributed by atoms with E-state index in [4.69, 9.17) is 4.74 Å². The van der Waals surface area contributed by atoms with Crippen LogP contribution in [0, 0.1) is 0 Å². The highest BCUT2D eigenvalue weighted by Crippen LogP contribution is 2.29. The molecule has 28 heavy (non-hydrogen) atoms. The number of nitrogens with zero attached hydrogens (tertiary/aromatic N) is 2. The van der Waals surface area contributed by atoms with E-state index in [2.05, 4.69) is 55.3 Å². The molecule has 3 rings (SSSR count). The molecule has 1 aliphatic rings. The fraction of sp³-hybridized carbons (Fsp3) is 0.478. The Balaban J connectivity index is 1.84. The number of hydrogen-bond donors (Lipinski definition) is 1. The van der Waals surface area contributed by atoms with Crippen molar-refractivity contribution in [1.29, 1.82) is 0 Å². The lowest BCUT2D eigenvalue weighted by molar-refractivity contribution is -0.123. The van der Waals surface area contributed by atoms with Gasteiger partial charge in [-0.25, -0.2) is 0 Å². The van der Waals surface area contributed by atoms with Gasteiger partial charge in [0.2, 0.25) is 5.91 Å². The summed E-state index contributed by atoms with van der Waals surface area (Å²) in [6.45, 7) is 8.00. The topological polar surface area (TPSA) is 54.5 Å². The van der Waals surface area contributed by atoms with Gasteiger partial charge in [-0.15, -0.1) is 0 Å². The van der Waals surface area contributed by atoms with Crippen LogP contribution in [0.2, 0.25) is 0 Å². The molecular formula is C23H31N3O2. The van der Waals surface area contributed by atoms with E-state index in [-0.39, 0.29) is 17.4 Å². The van der Waals surface area contributed by atoms with Crippen LogP contribution in [-0.2, 0) is 14.9 Å². The van der Waals surface area contributed by atoms with Crippen LogP contribution in [0.5, 0.6) is 0 Å². The Morgan fingerprint density at radius 2 is 1.86 bits per heavy atom. The quantitative estimate of drug-likeness (QED) is 0.855. The zero-order chi connectivity index (χ0) is 20.1. The largest absolute Gasteiger partial charge is 0.381 e. The maximum atomic E-state index is 13.2. The van der Waals surface area contributed by atoms with E-state index in [1.807, 2.05) is 24.1 Å². The number of benzene rings is 1. The van der Waals surface area contributed by atoms with Crippen molar-refractivity contribution in [1.82, 2.24) is 10.3 Å². The van der Waals surface area contributed by atoms with Crippen LogP contribution in [0.4, 0.5) is 5.69 Å². The first-order chi connectivity index (χ1) is 13.4. The van der Waals surface area contributed by atoms with Crippen molar-refractivity contribution in [2.24, 2.45) is 0 Å². The minimum absolute atomic E-state index is 0.00213. The van der Waals surface area contributed by atoms with Crippen LogP contribution >= 0.6 is 0 Å². The van der Waals surface area contributed by atoms with Crippen molar-refractivity contribution < 1.29 is 9.53 Å². The van der Waals surface area contributed by atoms with Gasteiger partial charge in [0.15, 0.2) is 0 Å². The molecule has 1 amide bonds. The predicted octanol–water partition coefficient (Wildman–Crippen LogP) is 3.85. The van der Waals surface area contributed by atoms with Gasteiger partial charge in [-0.1, -0.05) is 39.0 Å². The summed E-state index contributed by atoms with van der Waals surface area (Å²) >= 11 is 0. The van der Waals surface area contributed by atoms with Gasteiger partial charge in [0.05, 0.1) is 0 Å². The molecule has 1 aliphatic heterocycles. The van der Waals surface area contributed by atoms with Crippen LogP contribution in [0.15, 0.2) is 48.8 Å². The number of ether oxygens (including phenoxy) is 1. The van der Waals surface area contributed by atoms with Crippen LogP contribution in [0.1, 0.15) is 50.8 Å². The Morgan fingerprint density at radius 1 is 1.18 bits per heavy atom. The Bertz CT molecular complexity index is 763. The summed E-state index contributed by atoms with van der Waals surface area (Å²) in [4.78, 5) is 19.5. The van der Waals surface area contributed by atoms with Gasteiger partial charge in [-0.05, 0) is 42.0 Å². The van der Waals surface area contributed by atoms with E-state index < -0.39 is 6.04 Å². The molecule has 0 spiro atoms. The molecule has 1 saturated heterocycles. The monoisotopic (exact) mass is 381 g/mol. The van der Waals surface area contributed by atoms with Crippen LogP contribution in [0.25, 0.3) is 0 Å². The summed E-state index contributed by atoms with van der Waals surface area (Å²) in [5.74, 6) is 0.00213. The fourth-order valence-electron chi connectivity index (χ4n) is 3.56. The predicted molar refractivity (Wildman–Crippen MR) is 113 cm³/mol. The first-order valence-electron chi connectivity index (χ1n) is 9.97. The molecule has 0 saturated carbocycles. The van der Waals surface area contributed by atoms with Crippen molar-refractivity contribution in [2.75, 3.05) is 25.2 Å². The molecule has 0 aliphatic carbocycles. The first-order valence-corrected chi connectivity index (χ1v) is 9.97. The third kappa shape index (κ3) is 4.90. The average Bonchev–Trinajstić information content (AvgIpc) is 2.69. The third-order valence-electron chi connectivity index (χ3n) is 5.34. The second-order valence-corrected chi connectivity index (χ2v) is 8.49. The third-order valence-corrected chi connectivity index (χ3v) is 5.34. The second-order valence-electron chi connectivity index (χ2n) is 8.49. The van der Waals surface area contributed by atoms with Crippen LogP contribution in [-0.4, -0.2) is 37.2 Å². The molecule has 1 aromatic heterocycles. The molecule has 1 aromatic carbocycles. The summed E-state index contributed by atoms with van der Waals surface area (Å²) < 4.78 is 5.41. The van der Waals surface area contributed by atoms with E-state index in [9.17, 15) is 4.79 Å². The summed E-state index contributed by atoms with van der Waals surface area (Å²) in [7, 11) is 1.97. The van der Waals surface area contributed by atoms with Gasteiger partial charge in [-0.2, -0.15) is 0 Å². The zero-order valence-corrected chi connectivity index (χ0v) is 17.3. The SMILES string of the molecule is CN(c1ccc(C(C)(C)C)cc1)C(C(=O)NC1CCOCC1)c1cccnc1. The van der Waals surface area contributed by atoms with E-state index >= 15 is 0 Å². The molecule has 2 heterocycles. The highest BCUT2D eigenvalue weighted by molar-refractivity contribution is 5.86. The number of carbonyl (C=O) groups is 1. The first kappa shape index (κ1) is 20.3. The van der Waals surface area contributed by atoms with E-state index in [1.165, 1.54) is 5.56 Å². The summed E-state index contributed by atoms with van der Waals surface area (Å²) in [5.41, 5.74) is 3.26. The standard InChI is InChI=1S/C23H31N3O2/c1-23(2,3)18-7-9-20(10-8-18)26(4)21(17-6-5-13-24-16-17)22(27)25-19-11-14-28-15-12-19/h5-10,13,16,19,21H,11-12,14-15H2,1-4H3,(H,25,27). The van der Waals surface area contributed by atoms with E-state index in [0.29, 0.717) is 13.2 Å². The zero-order valence-electron chi connectivity index (χ0n) is 17.3. The summed E-state index contributed by atoms with van der Waals surface area (Å²) in [6.07, 6.45) is 5.22. The Hall–Kier alpha value is -2.40. The average molecular weight is 382 g/mol. The molecule has 1 unspecified atom stereocenters. The normalized spacial score (nSPS) is 16.4. The molecular weight excluding hydrogens is 350 g/mol. The fourth-order valence-corrected chi connectivity index (χ4v) is 3.56. The number of carbonyl (C=O) groups excluding carboxylic acids is 1. The Kier molecular flexibility index (Phi) is 6.35. The van der Waals surface area contributed by atoms with Crippen molar-refractivity contribution in [3.05, 3.63) is 59.9 Å². The Morgan fingerprint density at radius 3 is 2.43 bits per heavy atom. The van der Waals surface area contributed by atoms with Crippen LogP contribution in [0.3, 0.4) is 0 Å². The number of likely N-dealkylation sites (N-methyl/N-ethyl adjacent to an activating group) is 1. The van der Waals surface area contributed by atoms with Crippen LogP contribution < -0.4 is 10.2 Å². The maximum absolute atomic E-state index is 13.2. The highest BCUT2D eigenvalue weighted by atomic mass is 16.5. The van der Waals surface area contributed by atoms with Gasteiger partial charge in [0, 0.05) is 49.9 Å². The molecule has 2 aromatic rings. The van der Waals surface area contributed by atoms with Gasteiger partial charge in [0.1, 0.15) is 6.04 Å². The number of rotatable bonds is 5. The molecule has 5 heteroatoms. The van der Waals surface area contributed by atoms with Gasteiger partial charge >= 0.3 is 0 Å². The summed E-state index contributed by atoms with van der Waals surface area (Å²) in [5, 5.41) is 3.22. The smallest absolute Gasteiger partial charge is 0.247 e. The van der Waals surface area contributed by atoms with E-state index in [1.54, 1.807) is 12.4 Å². The van der Waals surface area contributed by atoms with Crippen molar-refractivity contribution >= 4 is 11.6 Å². The van der Waals surface area contributed by atoms with E-state index in [0.717, 1.165) is 24.1 Å². The second kappa shape index (κ2) is 8.74. The molecule has 1 N–H and O–H groups in total. The lowest BCUT2D eigenvalue weighted by atomic mass is 9.87. The molecule has 0 radical (unpaired) electrons. The van der Waals surface area contributed by atoms with Crippen molar-refractivity contribution in [2.45, 2.75) is 51.1 Å². The molecule has 1 atom stereocenters.